The van der Waals surface area contributed by atoms with Gasteiger partial charge in [0.1, 0.15) is 0 Å². The summed E-state index contributed by atoms with van der Waals surface area (Å²) in [5.74, 6) is 0. The molecule has 55 valence electrons. The summed E-state index contributed by atoms with van der Waals surface area (Å²) in [5.41, 5.74) is 2.28. The number of aromatic amines is 1. The molecular formula is C8H13N2. The van der Waals surface area contributed by atoms with Crippen LogP contribution in [0.4, 0.5) is 0 Å². The van der Waals surface area contributed by atoms with Crippen molar-refractivity contribution in [1.82, 2.24) is 10.2 Å². The lowest BCUT2D eigenvalue weighted by atomic mass is 10.2. The van der Waals surface area contributed by atoms with Crippen molar-refractivity contribution in [3.63, 3.8) is 0 Å². The van der Waals surface area contributed by atoms with Crippen molar-refractivity contribution in [1.29, 1.82) is 0 Å². The van der Waals surface area contributed by atoms with Crippen LogP contribution in [0.15, 0.2) is 6.07 Å². The average Bonchev–Trinajstić information content (AvgIpc) is 2.37. The highest BCUT2D eigenvalue weighted by molar-refractivity contribution is 5.08. The largest absolute Gasteiger partial charge is 0.282 e. The minimum atomic E-state index is 0.802. The number of rotatable bonds is 3. The highest BCUT2D eigenvalue weighted by Gasteiger charge is 1.96. The van der Waals surface area contributed by atoms with Crippen LogP contribution in [0, 0.1) is 6.92 Å². The third-order valence-corrected chi connectivity index (χ3v) is 1.46. The van der Waals surface area contributed by atoms with Gasteiger partial charge < -0.3 is 0 Å². The van der Waals surface area contributed by atoms with Gasteiger partial charge in [0.2, 0.25) is 0 Å². The lowest BCUT2D eigenvalue weighted by molar-refractivity contribution is 0.863. The minimum Gasteiger partial charge on any atom is -0.282 e. The maximum atomic E-state index is 4.11. The number of aromatic nitrogens is 2. The molecule has 1 aromatic heterocycles. The average molecular weight is 137 g/mol. The van der Waals surface area contributed by atoms with Gasteiger partial charge in [-0.25, -0.2) is 0 Å². The molecule has 0 bridgehead atoms. The third kappa shape index (κ3) is 1.59. The van der Waals surface area contributed by atoms with E-state index in [1.807, 2.05) is 0 Å². The summed E-state index contributed by atoms with van der Waals surface area (Å²) in [4.78, 5) is 0. The first-order valence-electron chi connectivity index (χ1n) is 3.69. The fourth-order valence-electron chi connectivity index (χ4n) is 0.922. The van der Waals surface area contributed by atoms with Crippen LogP contribution in [-0.4, -0.2) is 10.2 Å². The normalized spacial score (nSPS) is 10.2. The van der Waals surface area contributed by atoms with E-state index in [0.717, 1.165) is 30.7 Å². The smallest absolute Gasteiger partial charge is 0.0624 e. The monoisotopic (exact) mass is 137 g/mol. The summed E-state index contributed by atoms with van der Waals surface area (Å²) < 4.78 is 0. The Morgan fingerprint density at radius 1 is 1.70 bits per heavy atom. The van der Waals surface area contributed by atoms with E-state index in [2.05, 4.69) is 30.1 Å². The van der Waals surface area contributed by atoms with Gasteiger partial charge in [0.15, 0.2) is 0 Å². The van der Waals surface area contributed by atoms with Crippen LogP contribution in [0.5, 0.6) is 0 Å². The second-order valence-corrected chi connectivity index (χ2v) is 2.38. The van der Waals surface area contributed by atoms with E-state index >= 15 is 0 Å². The molecule has 1 N–H and O–H groups in total. The highest BCUT2D eigenvalue weighted by Crippen LogP contribution is 2.01. The van der Waals surface area contributed by atoms with Crippen molar-refractivity contribution in [2.75, 3.05) is 0 Å². The van der Waals surface area contributed by atoms with Crippen molar-refractivity contribution in [3.05, 3.63) is 24.4 Å². The predicted octanol–water partition coefficient (Wildman–Crippen LogP) is 1.74. The zero-order valence-electron chi connectivity index (χ0n) is 6.35. The Kier molecular flexibility index (Phi) is 2.49. The maximum Gasteiger partial charge on any atom is 0.0624 e. The summed E-state index contributed by atoms with van der Waals surface area (Å²) in [5, 5.41) is 7.04. The molecule has 0 atom stereocenters. The first-order chi connectivity index (χ1) is 4.86. The van der Waals surface area contributed by atoms with Crippen molar-refractivity contribution in [2.24, 2.45) is 0 Å². The molecule has 1 radical (unpaired) electrons. The molecule has 1 rings (SSSR count). The molecule has 2 nitrogen and oxygen atoms in total. The summed E-state index contributed by atoms with van der Waals surface area (Å²) in [7, 11) is 0. The molecule has 1 heterocycles. The third-order valence-electron chi connectivity index (χ3n) is 1.46. The molecule has 0 amide bonds. The van der Waals surface area contributed by atoms with E-state index in [-0.39, 0.29) is 0 Å². The Bertz CT molecular complexity index is 191. The van der Waals surface area contributed by atoms with Crippen molar-refractivity contribution in [2.45, 2.75) is 26.2 Å². The fraction of sp³-hybridized carbons (Fsp3) is 0.500. The van der Waals surface area contributed by atoms with Crippen molar-refractivity contribution >= 4 is 0 Å². The molecule has 0 aliphatic heterocycles. The van der Waals surface area contributed by atoms with Gasteiger partial charge in [0.25, 0.3) is 0 Å². The minimum absolute atomic E-state index is 0.802. The zero-order chi connectivity index (χ0) is 7.40. The van der Waals surface area contributed by atoms with Crippen LogP contribution in [0.1, 0.15) is 24.7 Å². The van der Waals surface area contributed by atoms with Gasteiger partial charge in [-0.15, -0.1) is 0 Å². The Hall–Kier alpha value is -0.790. The van der Waals surface area contributed by atoms with Gasteiger partial charge >= 0.3 is 0 Å². The molecule has 0 saturated heterocycles. The molecule has 0 unspecified atom stereocenters. The Morgan fingerprint density at radius 2 is 2.50 bits per heavy atom. The van der Waals surface area contributed by atoms with Gasteiger partial charge in [-0.2, -0.15) is 5.10 Å². The molecule has 0 aromatic carbocycles. The first-order valence-corrected chi connectivity index (χ1v) is 3.69. The van der Waals surface area contributed by atoms with Crippen LogP contribution in [-0.2, 0) is 12.8 Å². The lowest BCUT2D eigenvalue weighted by Crippen LogP contribution is -1.80. The Balaban J connectivity index is 2.59. The molecule has 2 heteroatoms. The van der Waals surface area contributed by atoms with Crippen LogP contribution >= 0.6 is 0 Å². The van der Waals surface area contributed by atoms with Crippen LogP contribution in [0.3, 0.4) is 0 Å². The summed E-state index contributed by atoms with van der Waals surface area (Å²) in [6.07, 6.45) is 3.02. The van der Waals surface area contributed by atoms with Gasteiger partial charge in [-0.05, 0) is 25.8 Å². The molecule has 0 spiro atoms. The Morgan fingerprint density at radius 3 is 3.00 bits per heavy atom. The van der Waals surface area contributed by atoms with Crippen LogP contribution in [0.25, 0.3) is 0 Å². The number of H-pyrrole nitrogens is 1. The Labute approximate surface area is 61.7 Å². The topological polar surface area (TPSA) is 28.7 Å². The van der Waals surface area contributed by atoms with E-state index in [0.29, 0.717) is 0 Å². The van der Waals surface area contributed by atoms with Crippen LogP contribution in [0.2, 0.25) is 0 Å². The van der Waals surface area contributed by atoms with Gasteiger partial charge in [-0.3, -0.25) is 5.10 Å². The van der Waals surface area contributed by atoms with E-state index in [4.69, 9.17) is 0 Å². The fourth-order valence-corrected chi connectivity index (χ4v) is 0.922. The van der Waals surface area contributed by atoms with Gasteiger partial charge in [0.05, 0.1) is 5.69 Å². The number of aryl methyl sites for hydroxylation is 1. The second kappa shape index (κ2) is 3.40. The van der Waals surface area contributed by atoms with E-state index in [1.54, 1.807) is 0 Å². The SMILES string of the molecule is [CH2]Cc1cc(CCC)n[nH]1. The molecule has 0 aliphatic carbocycles. The zero-order valence-corrected chi connectivity index (χ0v) is 6.35. The molecule has 0 saturated carbocycles. The van der Waals surface area contributed by atoms with Gasteiger partial charge in [-0.1, -0.05) is 13.3 Å². The summed E-state index contributed by atoms with van der Waals surface area (Å²) in [6, 6.07) is 2.08. The molecular weight excluding hydrogens is 124 g/mol. The molecule has 1 aromatic rings. The molecule has 0 aliphatic rings. The predicted molar refractivity (Wildman–Crippen MR) is 41.6 cm³/mol. The highest BCUT2D eigenvalue weighted by atomic mass is 15.1. The number of hydrogen-bond donors (Lipinski definition) is 1. The second-order valence-electron chi connectivity index (χ2n) is 2.38. The van der Waals surface area contributed by atoms with Crippen LogP contribution < -0.4 is 0 Å². The van der Waals surface area contributed by atoms with E-state index in [1.165, 1.54) is 0 Å². The maximum absolute atomic E-state index is 4.11. The summed E-state index contributed by atoms with van der Waals surface area (Å²) in [6.45, 7) is 5.91. The standard InChI is InChI=1S/C8H13N2/c1-3-5-8-6-7(4-2)9-10-8/h6H,2-5H2,1H3,(H,9,10). The van der Waals surface area contributed by atoms with Crippen molar-refractivity contribution < 1.29 is 0 Å². The number of nitrogens with one attached hydrogen (secondary N) is 1. The molecule has 0 fully saturated rings. The lowest BCUT2D eigenvalue weighted by Gasteiger charge is -1.85. The van der Waals surface area contributed by atoms with Gasteiger partial charge in [0, 0.05) is 5.69 Å². The van der Waals surface area contributed by atoms with E-state index < -0.39 is 0 Å². The summed E-state index contributed by atoms with van der Waals surface area (Å²) >= 11 is 0. The first kappa shape index (κ1) is 7.32. The number of nitrogens with zero attached hydrogens (tertiary/aromatic N) is 1. The van der Waals surface area contributed by atoms with Crippen molar-refractivity contribution in [3.8, 4) is 0 Å². The quantitative estimate of drug-likeness (QED) is 0.675. The van der Waals surface area contributed by atoms with E-state index in [9.17, 15) is 0 Å². The number of hydrogen-bond acceptors (Lipinski definition) is 1. The molecule has 10 heavy (non-hydrogen) atoms.